The van der Waals surface area contributed by atoms with E-state index in [4.69, 9.17) is 0 Å². The first-order valence-corrected chi connectivity index (χ1v) is 15.1. The second-order valence-electron chi connectivity index (χ2n) is 10.4. The Labute approximate surface area is 240 Å². The Bertz CT molecular complexity index is 1370. The highest BCUT2D eigenvalue weighted by Gasteiger charge is 2.33. The molecule has 208 valence electrons. The van der Waals surface area contributed by atoms with Gasteiger partial charge >= 0.3 is 0 Å². The van der Waals surface area contributed by atoms with Gasteiger partial charge in [-0.05, 0) is 81.6 Å². The van der Waals surface area contributed by atoms with Gasteiger partial charge in [-0.1, -0.05) is 65.3 Å². The lowest BCUT2D eigenvalue weighted by molar-refractivity contribution is -0.140. The zero-order valence-corrected chi connectivity index (χ0v) is 25.4. The Morgan fingerprint density at radius 2 is 1.46 bits per heavy atom. The third-order valence-corrected chi connectivity index (χ3v) is 8.49. The van der Waals surface area contributed by atoms with Gasteiger partial charge in [-0.2, -0.15) is 0 Å². The average Bonchev–Trinajstić information content (AvgIpc) is 2.90. The summed E-state index contributed by atoms with van der Waals surface area (Å²) in [4.78, 5) is 28.6. The number of carbonyl (C=O) groups is 2. The van der Waals surface area contributed by atoms with Gasteiger partial charge in [0.25, 0.3) is 10.0 Å². The van der Waals surface area contributed by atoms with Crippen LogP contribution >= 0.6 is 15.9 Å². The summed E-state index contributed by atoms with van der Waals surface area (Å²) in [6.07, 6.45) is 0.798. The van der Waals surface area contributed by atoms with E-state index in [9.17, 15) is 18.0 Å². The molecule has 0 saturated carbocycles. The number of carbonyl (C=O) groups excluding carboxylic acids is 2. The molecular weight excluding hydrogens is 578 g/mol. The number of amides is 2. The van der Waals surface area contributed by atoms with Gasteiger partial charge in [0.2, 0.25) is 11.8 Å². The monoisotopic (exact) mass is 613 g/mol. The predicted molar refractivity (Wildman–Crippen MR) is 159 cm³/mol. The van der Waals surface area contributed by atoms with Crippen LogP contribution in [0.5, 0.6) is 0 Å². The van der Waals surface area contributed by atoms with Gasteiger partial charge in [0.05, 0.1) is 10.6 Å². The highest BCUT2D eigenvalue weighted by atomic mass is 79.9. The second kappa shape index (κ2) is 12.8. The molecule has 0 bridgehead atoms. The first-order chi connectivity index (χ1) is 18.3. The minimum Gasteiger partial charge on any atom is -0.350 e. The average molecular weight is 615 g/mol. The third-order valence-electron chi connectivity index (χ3n) is 6.17. The zero-order chi connectivity index (χ0) is 28.8. The van der Waals surface area contributed by atoms with Crippen molar-refractivity contribution in [3.8, 4) is 0 Å². The van der Waals surface area contributed by atoms with Crippen molar-refractivity contribution in [3.63, 3.8) is 0 Å². The van der Waals surface area contributed by atoms with Crippen LogP contribution in [0.2, 0.25) is 0 Å². The maximum Gasteiger partial charge on any atom is 0.264 e. The topological polar surface area (TPSA) is 86.8 Å². The van der Waals surface area contributed by atoms with E-state index in [-0.39, 0.29) is 17.3 Å². The summed E-state index contributed by atoms with van der Waals surface area (Å²) in [5.41, 5.74) is 1.74. The molecule has 0 aliphatic heterocycles. The molecule has 0 radical (unpaired) electrons. The Hall–Kier alpha value is -3.17. The van der Waals surface area contributed by atoms with Crippen LogP contribution in [-0.4, -0.2) is 43.3 Å². The SMILES string of the molecule is CCc1ccc(N(CC(=O)N(Cc2ccc(Br)cc2)C(C)C(=O)NC(C)(C)C)S(=O)(=O)c2ccccc2)cc1. The lowest BCUT2D eigenvalue weighted by atomic mass is 10.1. The van der Waals surface area contributed by atoms with Crippen LogP contribution in [0.1, 0.15) is 45.7 Å². The van der Waals surface area contributed by atoms with E-state index >= 15 is 0 Å². The Morgan fingerprint density at radius 1 is 0.897 bits per heavy atom. The quantitative estimate of drug-likeness (QED) is 0.325. The van der Waals surface area contributed by atoms with Gasteiger partial charge in [-0.15, -0.1) is 0 Å². The van der Waals surface area contributed by atoms with Crippen LogP contribution in [0.3, 0.4) is 0 Å². The number of aryl methyl sites for hydroxylation is 1. The van der Waals surface area contributed by atoms with Gasteiger partial charge in [0, 0.05) is 16.6 Å². The van der Waals surface area contributed by atoms with Crippen LogP contribution in [-0.2, 0) is 32.6 Å². The number of sulfonamides is 1. The molecule has 0 fully saturated rings. The van der Waals surface area contributed by atoms with Crippen LogP contribution in [0.25, 0.3) is 0 Å². The van der Waals surface area contributed by atoms with Crippen molar-refractivity contribution < 1.29 is 18.0 Å². The molecule has 3 aromatic carbocycles. The molecule has 9 heteroatoms. The van der Waals surface area contributed by atoms with E-state index in [0.29, 0.717) is 5.69 Å². The van der Waals surface area contributed by atoms with Gasteiger partial charge < -0.3 is 10.2 Å². The summed E-state index contributed by atoms with van der Waals surface area (Å²) in [5, 5.41) is 2.93. The Balaban J connectivity index is 2.02. The molecule has 1 unspecified atom stereocenters. The predicted octanol–water partition coefficient (Wildman–Crippen LogP) is 5.54. The van der Waals surface area contributed by atoms with Crippen LogP contribution in [0, 0.1) is 0 Å². The molecule has 0 aromatic heterocycles. The van der Waals surface area contributed by atoms with E-state index in [1.165, 1.54) is 17.0 Å². The molecule has 3 rings (SSSR count). The summed E-state index contributed by atoms with van der Waals surface area (Å²) >= 11 is 3.42. The number of hydrogen-bond acceptors (Lipinski definition) is 4. The molecule has 0 spiro atoms. The van der Waals surface area contributed by atoms with Crippen molar-refractivity contribution in [1.29, 1.82) is 0 Å². The number of halogens is 1. The molecule has 1 atom stereocenters. The number of rotatable bonds is 10. The maximum absolute atomic E-state index is 13.9. The summed E-state index contributed by atoms with van der Waals surface area (Å²) in [5.74, 6) is -0.814. The highest BCUT2D eigenvalue weighted by molar-refractivity contribution is 9.10. The molecule has 1 N–H and O–H groups in total. The molecule has 39 heavy (non-hydrogen) atoms. The lowest BCUT2D eigenvalue weighted by Gasteiger charge is -2.33. The first-order valence-electron chi connectivity index (χ1n) is 12.8. The standard InChI is InChI=1S/C30H36BrN3O4S/c1-6-23-14-18-26(19-15-23)34(39(37,38)27-10-8-7-9-11-27)21-28(35)33(20-24-12-16-25(31)17-13-24)22(2)29(36)32-30(3,4)5/h7-19,22H,6,20-21H2,1-5H3,(H,32,36). The van der Waals surface area contributed by atoms with E-state index < -0.39 is 34.1 Å². The molecule has 3 aromatic rings. The number of nitrogens with zero attached hydrogens (tertiary/aromatic N) is 2. The molecule has 0 saturated heterocycles. The smallest absolute Gasteiger partial charge is 0.264 e. The molecule has 0 aliphatic rings. The summed E-state index contributed by atoms with van der Waals surface area (Å²) < 4.78 is 29.6. The van der Waals surface area contributed by atoms with Crippen molar-refractivity contribution in [2.75, 3.05) is 10.8 Å². The number of nitrogens with one attached hydrogen (secondary N) is 1. The lowest BCUT2D eigenvalue weighted by Crippen LogP contribution is -2.54. The minimum atomic E-state index is -4.08. The maximum atomic E-state index is 13.9. The fraction of sp³-hybridized carbons (Fsp3) is 0.333. The number of hydrogen-bond donors (Lipinski definition) is 1. The third kappa shape index (κ3) is 8.16. The fourth-order valence-corrected chi connectivity index (χ4v) is 5.69. The van der Waals surface area contributed by atoms with Gasteiger partial charge in [-0.25, -0.2) is 8.42 Å². The van der Waals surface area contributed by atoms with Gasteiger partial charge in [-0.3, -0.25) is 13.9 Å². The number of anilines is 1. The van der Waals surface area contributed by atoms with Crippen LogP contribution in [0.4, 0.5) is 5.69 Å². The molecule has 0 aliphatic carbocycles. The fourth-order valence-electron chi connectivity index (χ4n) is 3.99. The van der Waals surface area contributed by atoms with Crippen molar-refractivity contribution in [2.24, 2.45) is 0 Å². The van der Waals surface area contributed by atoms with Crippen molar-refractivity contribution in [2.45, 2.75) is 64.1 Å². The number of benzene rings is 3. The molecular formula is C30H36BrN3O4S. The molecule has 0 heterocycles. The molecule has 2 amide bonds. The zero-order valence-electron chi connectivity index (χ0n) is 23.0. The van der Waals surface area contributed by atoms with E-state index in [0.717, 1.165) is 26.3 Å². The summed E-state index contributed by atoms with van der Waals surface area (Å²) in [7, 11) is -4.08. The Morgan fingerprint density at radius 3 is 2.00 bits per heavy atom. The van der Waals surface area contributed by atoms with Crippen LogP contribution in [0.15, 0.2) is 88.2 Å². The normalized spacial score (nSPS) is 12.5. The van der Waals surface area contributed by atoms with Gasteiger partial charge in [0.1, 0.15) is 12.6 Å². The van der Waals surface area contributed by atoms with Crippen LogP contribution < -0.4 is 9.62 Å². The highest BCUT2D eigenvalue weighted by Crippen LogP contribution is 2.25. The Kier molecular flexibility index (Phi) is 9.96. The first kappa shape index (κ1) is 30.4. The van der Waals surface area contributed by atoms with E-state index in [1.807, 2.05) is 64.1 Å². The van der Waals surface area contributed by atoms with Crippen molar-refractivity contribution in [1.82, 2.24) is 10.2 Å². The minimum absolute atomic E-state index is 0.0790. The van der Waals surface area contributed by atoms with E-state index in [1.54, 1.807) is 37.3 Å². The summed E-state index contributed by atoms with van der Waals surface area (Å²) in [6.45, 7) is 8.95. The second-order valence-corrected chi connectivity index (χ2v) is 13.2. The van der Waals surface area contributed by atoms with Crippen molar-refractivity contribution in [3.05, 3.63) is 94.5 Å². The van der Waals surface area contributed by atoms with Gasteiger partial charge in [0.15, 0.2) is 0 Å². The van der Waals surface area contributed by atoms with Crippen molar-refractivity contribution >= 4 is 43.5 Å². The van der Waals surface area contributed by atoms with E-state index in [2.05, 4.69) is 21.2 Å². The summed E-state index contributed by atoms with van der Waals surface area (Å²) in [6, 6.07) is 21.8. The largest absolute Gasteiger partial charge is 0.350 e. The molecule has 7 nitrogen and oxygen atoms in total.